The molecule has 1 aliphatic rings. The van der Waals surface area contributed by atoms with Gasteiger partial charge in [0.15, 0.2) is 0 Å². The normalized spacial score (nSPS) is 30.8. The summed E-state index contributed by atoms with van der Waals surface area (Å²) in [5.74, 6) is 0. The Balaban J connectivity index is 2.17. The van der Waals surface area contributed by atoms with Crippen LogP contribution in [0, 0.1) is 0 Å². The zero-order valence-corrected chi connectivity index (χ0v) is 11.8. The molecule has 1 aliphatic heterocycles. The van der Waals surface area contributed by atoms with Crippen molar-refractivity contribution in [3.05, 3.63) is 54.6 Å². The van der Waals surface area contributed by atoms with Gasteiger partial charge in [0.25, 0.3) is 0 Å². The van der Waals surface area contributed by atoms with Gasteiger partial charge in [0, 0.05) is 6.42 Å². The van der Waals surface area contributed by atoms with Gasteiger partial charge in [-0.1, -0.05) is 56.3 Å². The predicted molar refractivity (Wildman–Crippen MR) is 78.5 cm³/mol. The molecule has 2 nitrogen and oxygen atoms in total. The summed E-state index contributed by atoms with van der Waals surface area (Å²) in [6, 6.07) is 10.2. The SMILES string of the molecule is C=C[C@]1(CC)C[C@@](/C=C/c2ccccc2)(CC)OO1. The molecule has 102 valence electrons. The van der Waals surface area contributed by atoms with E-state index in [0.29, 0.717) is 0 Å². The van der Waals surface area contributed by atoms with Crippen molar-refractivity contribution in [2.75, 3.05) is 0 Å². The average Bonchev–Trinajstić information content (AvgIpc) is 2.87. The van der Waals surface area contributed by atoms with E-state index in [1.54, 1.807) is 0 Å². The summed E-state index contributed by atoms with van der Waals surface area (Å²) in [7, 11) is 0. The van der Waals surface area contributed by atoms with Crippen molar-refractivity contribution in [2.45, 2.75) is 44.3 Å². The van der Waals surface area contributed by atoms with Crippen molar-refractivity contribution in [1.29, 1.82) is 0 Å². The molecule has 0 N–H and O–H groups in total. The van der Waals surface area contributed by atoms with Gasteiger partial charge in [0.2, 0.25) is 0 Å². The highest BCUT2D eigenvalue weighted by Gasteiger charge is 2.46. The molecule has 2 rings (SSSR count). The van der Waals surface area contributed by atoms with E-state index < -0.39 is 0 Å². The van der Waals surface area contributed by atoms with Crippen LogP contribution in [0.5, 0.6) is 0 Å². The molecule has 0 unspecified atom stereocenters. The third-order valence-electron chi connectivity index (χ3n) is 3.92. The smallest absolute Gasteiger partial charge is 0.125 e. The minimum atomic E-state index is -0.350. The highest BCUT2D eigenvalue weighted by molar-refractivity contribution is 5.50. The first-order valence-corrected chi connectivity index (χ1v) is 6.92. The summed E-state index contributed by atoms with van der Waals surface area (Å²) in [5, 5.41) is 0. The van der Waals surface area contributed by atoms with E-state index in [9.17, 15) is 0 Å². The fraction of sp³-hybridized carbons (Fsp3) is 0.412. The zero-order chi connectivity index (χ0) is 13.8. The Morgan fingerprint density at radius 2 is 1.74 bits per heavy atom. The molecule has 0 saturated carbocycles. The molecule has 1 aromatic carbocycles. The molecular formula is C17H22O2. The Kier molecular flexibility index (Phi) is 4.23. The molecule has 1 fully saturated rings. The molecule has 2 heteroatoms. The molecule has 0 bridgehead atoms. The average molecular weight is 258 g/mol. The molecule has 1 aromatic rings. The molecule has 0 radical (unpaired) electrons. The molecule has 1 heterocycles. The van der Waals surface area contributed by atoms with Crippen LogP contribution in [-0.2, 0) is 9.78 Å². The summed E-state index contributed by atoms with van der Waals surface area (Å²) < 4.78 is 0. The van der Waals surface area contributed by atoms with Gasteiger partial charge in [-0.05, 0) is 24.5 Å². The van der Waals surface area contributed by atoms with E-state index in [4.69, 9.17) is 9.78 Å². The quantitative estimate of drug-likeness (QED) is 0.570. The summed E-state index contributed by atoms with van der Waals surface area (Å²) in [6.45, 7) is 8.09. The van der Waals surface area contributed by atoms with Crippen LogP contribution in [0.2, 0.25) is 0 Å². The lowest BCUT2D eigenvalue weighted by Gasteiger charge is -2.22. The highest BCUT2D eigenvalue weighted by Crippen LogP contribution is 2.42. The Bertz CT molecular complexity index is 452. The number of hydrogen-bond donors (Lipinski definition) is 0. The van der Waals surface area contributed by atoms with Gasteiger partial charge in [0.05, 0.1) is 0 Å². The lowest BCUT2D eigenvalue weighted by molar-refractivity contribution is -0.332. The van der Waals surface area contributed by atoms with E-state index in [1.807, 2.05) is 24.3 Å². The van der Waals surface area contributed by atoms with Gasteiger partial charge in [-0.3, -0.25) is 0 Å². The Hall–Kier alpha value is -1.38. The molecule has 0 aromatic heterocycles. The molecule has 0 aliphatic carbocycles. The van der Waals surface area contributed by atoms with Crippen LogP contribution in [0.25, 0.3) is 6.08 Å². The summed E-state index contributed by atoms with van der Waals surface area (Å²) >= 11 is 0. The third-order valence-corrected chi connectivity index (χ3v) is 3.92. The minimum Gasteiger partial charge on any atom is -0.225 e. The van der Waals surface area contributed by atoms with Gasteiger partial charge in [0.1, 0.15) is 11.2 Å². The Labute approximate surface area is 115 Å². The van der Waals surface area contributed by atoms with Crippen LogP contribution in [0.15, 0.2) is 49.1 Å². The first-order chi connectivity index (χ1) is 9.17. The van der Waals surface area contributed by atoms with Gasteiger partial charge < -0.3 is 0 Å². The van der Waals surface area contributed by atoms with Crippen LogP contribution in [0.3, 0.4) is 0 Å². The van der Waals surface area contributed by atoms with Crippen LogP contribution in [0.1, 0.15) is 38.7 Å². The largest absolute Gasteiger partial charge is 0.225 e. The summed E-state index contributed by atoms with van der Waals surface area (Å²) in [4.78, 5) is 11.2. The number of rotatable bonds is 5. The van der Waals surface area contributed by atoms with Crippen LogP contribution in [-0.4, -0.2) is 11.2 Å². The molecule has 0 spiro atoms. The summed E-state index contributed by atoms with van der Waals surface area (Å²) in [6.07, 6.45) is 8.65. The fourth-order valence-electron chi connectivity index (χ4n) is 2.37. The number of hydrogen-bond acceptors (Lipinski definition) is 2. The monoisotopic (exact) mass is 258 g/mol. The topological polar surface area (TPSA) is 18.5 Å². The second-order valence-electron chi connectivity index (χ2n) is 5.13. The lowest BCUT2D eigenvalue weighted by Crippen LogP contribution is -2.28. The standard InChI is InChI=1S/C17H22O2/c1-4-16(5-2)14-17(6-3,19-18-16)13-12-15-10-8-7-9-11-15/h4,7-13H,1,5-6,14H2,2-3H3/b13-12+/t16-,17-/m0/s1. The van der Waals surface area contributed by atoms with Crippen molar-refractivity contribution in [2.24, 2.45) is 0 Å². The van der Waals surface area contributed by atoms with Gasteiger partial charge in [-0.25, -0.2) is 9.78 Å². The second-order valence-corrected chi connectivity index (χ2v) is 5.13. The first kappa shape index (κ1) is 14.0. The molecule has 1 saturated heterocycles. The predicted octanol–water partition coefficient (Wildman–Crippen LogP) is 4.54. The van der Waals surface area contributed by atoms with E-state index >= 15 is 0 Å². The van der Waals surface area contributed by atoms with Crippen molar-refractivity contribution in [1.82, 2.24) is 0 Å². The van der Waals surface area contributed by atoms with Crippen LogP contribution in [0.4, 0.5) is 0 Å². The van der Waals surface area contributed by atoms with Crippen molar-refractivity contribution < 1.29 is 9.78 Å². The first-order valence-electron chi connectivity index (χ1n) is 6.92. The van der Waals surface area contributed by atoms with Crippen molar-refractivity contribution in [3.8, 4) is 0 Å². The molecular weight excluding hydrogens is 236 g/mol. The van der Waals surface area contributed by atoms with E-state index in [0.717, 1.165) is 19.3 Å². The zero-order valence-electron chi connectivity index (χ0n) is 11.8. The van der Waals surface area contributed by atoms with E-state index in [-0.39, 0.29) is 11.2 Å². The van der Waals surface area contributed by atoms with E-state index in [1.165, 1.54) is 5.56 Å². The third kappa shape index (κ3) is 2.96. The number of benzene rings is 1. The van der Waals surface area contributed by atoms with Crippen molar-refractivity contribution >= 4 is 6.08 Å². The lowest BCUT2D eigenvalue weighted by atomic mass is 9.84. The van der Waals surface area contributed by atoms with Crippen LogP contribution < -0.4 is 0 Å². The van der Waals surface area contributed by atoms with Gasteiger partial charge >= 0.3 is 0 Å². The molecule has 2 atom stereocenters. The highest BCUT2D eigenvalue weighted by atomic mass is 17.2. The van der Waals surface area contributed by atoms with E-state index in [2.05, 4.69) is 44.7 Å². The molecule has 0 amide bonds. The maximum absolute atomic E-state index is 5.65. The van der Waals surface area contributed by atoms with Gasteiger partial charge in [-0.2, -0.15) is 0 Å². The minimum absolute atomic E-state index is 0.347. The van der Waals surface area contributed by atoms with Crippen LogP contribution >= 0.6 is 0 Å². The maximum Gasteiger partial charge on any atom is 0.125 e. The Morgan fingerprint density at radius 1 is 1.11 bits per heavy atom. The Morgan fingerprint density at radius 3 is 2.26 bits per heavy atom. The second kappa shape index (κ2) is 5.72. The maximum atomic E-state index is 5.65. The van der Waals surface area contributed by atoms with Crippen molar-refractivity contribution in [3.63, 3.8) is 0 Å². The van der Waals surface area contributed by atoms with Gasteiger partial charge in [-0.15, -0.1) is 6.58 Å². The fourth-order valence-corrected chi connectivity index (χ4v) is 2.37. The molecule has 19 heavy (non-hydrogen) atoms. The summed E-state index contributed by atoms with van der Waals surface area (Å²) in [5.41, 5.74) is 0.475.